The van der Waals surface area contributed by atoms with Gasteiger partial charge in [0, 0.05) is 10.7 Å². The van der Waals surface area contributed by atoms with Gasteiger partial charge in [-0.15, -0.1) is 6.42 Å². The summed E-state index contributed by atoms with van der Waals surface area (Å²) in [6.45, 7) is 1.86. The molecule has 0 aliphatic carbocycles. The number of carbonyl (C=O) groups is 1. The van der Waals surface area contributed by atoms with Gasteiger partial charge in [0.25, 0.3) is 5.91 Å². The maximum Gasteiger partial charge on any atom is 0.266 e. The highest BCUT2D eigenvalue weighted by atomic mass is 35.5. The van der Waals surface area contributed by atoms with Crippen molar-refractivity contribution in [2.75, 3.05) is 11.9 Å². The topological polar surface area (TPSA) is 62.1 Å². The lowest BCUT2D eigenvalue weighted by atomic mass is 10.1. The van der Waals surface area contributed by atoms with Crippen molar-refractivity contribution in [2.45, 2.75) is 6.92 Å². The smallest absolute Gasteiger partial charge is 0.266 e. The van der Waals surface area contributed by atoms with Crippen molar-refractivity contribution in [3.63, 3.8) is 0 Å². The Hall–Kier alpha value is -2.63. The highest BCUT2D eigenvalue weighted by molar-refractivity contribution is 6.37. The third-order valence-corrected chi connectivity index (χ3v) is 4.39. The molecule has 0 saturated heterocycles. The first-order chi connectivity index (χ1) is 12.8. The Kier molecular flexibility index (Phi) is 7.16. The first-order valence-corrected chi connectivity index (χ1v) is 8.73. The Morgan fingerprint density at radius 3 is 2.44 bits per heavy atom. The van der Waals surface area contributed by atoms with Gasteiger partial charge in [-0.2, -0.15) is 5.26 Å². The van der Waals surface area contributed by atoms with Crippen LogP contribution < -0.4 is 10.1 Å². The van der Waals surface area contributed by atoms with Crippen LogP contribution in [0, 0.1) is 30.6 Å². The predicted octanol–water partition coefficient (Wildman–Crippen LogP) is 5.51. The molecule has 7 heteroatoms. The monoisotopic (exact) mass is 418 g/mol. The lowest BCUT2D eigenvalue weighted by Crippen LogP contribution is -2.13. The molecule has 0 aliphatic heterocycles. The summed E-state index contributed by atoms with van der Waals surface area (Å²) in [7, 11) is 0. The van der Waals surface area contributed by atoms with E-state index < -0.39 is 5.91 Å². The fourth-order valence-corrected chi connectivity index (χ4v) is 2.89. The van der Waals surface area contributed by atoms with Gasteiger partial charge in [-0.25, -0.2) is 0 Å². The van der Waals surface area contributed by atoms with Crippen LogP contribution in [0.1, 0.15) is 11.1 Å². The number of nitriles is 1. The van der Waals surface area contributed by atoms with Crippen molar-refractivity contribution >= 4 is 52.5 Å². The molecule has 2 rings (SSSR count). The summed E-state index contributed by atoms with van der Waals surface area (Å²) >= 11 is 18.3. The van der Waals surface area contributed by atoms with Crippen molar-refractivity contribution in [1.82, 2.24) is 0 Å². The minimum atomic E-state index is -0.586. The molecule has 0 aromatic heterocycles. The van der Waals surface area contributed by atoms with Crippen LogP contribution in [0.5, 0.6) is 5.75 Å². The molecule has 1 N–H and O–H groups in total. The number of ether oxygens (including phenoxy) is 1. The maximum atomic E-state index is 12.4. The second kappa shape index (κ2) is 9.35. The minimum Gasteiger partial charge on any atom is -0.478 e. The molecule has 0 bridgehead atoms. The number of nitrogens with zero attached hydrogens (tertiary/aromatic N) is 1. The number of carbonyl (C=O) groups excluding carboxylic acids is 1. The van der Waals surface area contributed by atoms with E-state index in [1.807, 2.05) is 13.0 Å². The number of amides is 1. The molecule has 136 valence electrons. The summed E-state index contributed by atoms with van der Waals surface area (Å²) < 4.78 is 5.27. The molecule has 2 aromatic carbocycles. The molecule has 0 spiro atoms. The zero-order valence-corrected chi connectivity index (χ0v) is 16.4. The predicted molar refractivity (Wildman–Crippen MR) is 109 cm³/mol. The van der Waals surface area contributed by atoms with Crippen LogP contribution in [0.3, 0.4) is 0 Å². The van der Waals surface area contributed by atoms with Crippen LogP contribution in [0.25, 0.3) is 6.08 Å². The highest BCUT2D eigenvalue weighted by Crippen LogP contribution is 2.35. The van der Waals surface area contributed by atoms with Crippen molar-refractivity contribution < 1.29 is 9.53 Å². The average molecular weight is 420 g/mol. The lowest BCUT2D eigenvalue weighted by Gasteiger charge is -2.09. The van der Waals surface area contributed by atoms with E-state index in [0.29, 0.717) is 16.3 Å². The molecular weight excluding hydrogens is 407 g/mol. The molecular formula is C20H13Cl3N2O2. The van der Waals surface area contributed by atoms with E-state index in [1.54, 1.807) is 18.2 Å². The fraction of sp³-hybridized carbons (Fsp3) is 0.100. The summed E-state index contributed by atoms with van der Waals surface area (Å²) in [5, 5.41) is 12.9. The highest BCUT2D eigenvalue weighted by Gasteiger charge is 2.13. The van der Waals surface area contributed by atoms with Gasteiger partial charge in [-0.3, -0.25) is 4.79 Å². The number of terminal acetylenes is 1. The van der Waals surface area contributed by atoms with Gasteiger partial charge in [0.05, 0.1) is 10.0 Å². The minimum absolute atomic E-state index is 0.0135. The van der Waals surface area contributed by atoms with Crippen LogP contribution in [0.2, 0.25) is 15.1 Å². The van der Waals surface area contributed by atoms with Gasteiger partial charge in [0.1, 0.15) is 18.2 Å². The standard InChI is InChI=1S/C20H13Cl3N2O2/c1-3-6-27-19-17(22)8-13(9-18(19)23)7-14(11-24)20(26)25-15-5-4-12(2)16(21)10-15/h1,4-5,7-10H,6H2,2H3,(H,25,26). The molecule has 0 atom stereocenters. The molecule has 1 amide bonds. The third kappa shape index (κ3) is 5.42. The van der Waals surface area contributed by atoms with Gasteiger partial charge >= 0.3 is 0 Å². The largest absolute Gasteiger partial charge is 0.478 e. The average Bonchev–Trinajstić information content (AvgIpc) is 2.62. The van der Waals surface area contributed by atoms with Crippen molar-refractivity contribution in [3.05, 3.63) is 62.1 Å². The SMILES string of the molecule is C#CCOc1c(Cl)cc(C=C(C#N)C(=O)Nc2ccc(C)c(Cl)c2)cc1Cl. The van der Waals surface area contributed by atoms with E-state index in [0.717, 1.165) is 5.56 Å². The lowest BCUT2D eigenvalue weighted by molar-refractivity contribution is -0.112. The van der Waals surface area contributed by atoms with Gasteiger partial charge < -0.3 is 10.1 Å². The van der Waals surface area contributed by atoms with Gasteiger partial charge in [0.15, 0.2) is 5.75 Å². The van der Waals surface area contributed by atoms with Gasteiger partial charge in [-0.1, -0.05) is 46.8 Å². The van der Waals surface area contributed by atoms with E-state index in [2.05, 4.69) is 11.2 Å². The molecule has 0 fully saturated rings. The molecule has 4 nitrogen and oxygen atoms in total. The zero-order chi connectivity index (χ0) is 20.0. The summed E-state index contributed by atoms with van der Waals surface area (Å²) in [6.07, 6.45) is 6.51. The number of aryl methyl sites for hydroxylation is 1. The second-order valence-electron chi connectivity index (χ2n) is 5.39. The first kappa shape index (κ1) is 20.7. The fourth-order valence-electron chi connectivity index (χ4n) is 2.10. The Labute approximate surface area is 172 Å². The van der Waals surface area contributed by atoms with Crippen molar-refractivity contribution in [3.8, 4) is 24.2 Å². The molecule has 0 radical (unpaired) electrons. The summed E-state index contributed by atoms with van der Waals surface area (Å²) in [4.78, 5) is 12.4. The second-order valence-corrected chi connectivity index (χ2v) is 6.62. The van der Waals surface area contributed by atoms with E-state index in [9.17, 15) is 10.1 Å². The Morgan fingerprint density at radius 1 is 1.22 bits per heavy atom. The number of nitrogens with one attached hydrogen (secondary N) is 1. The molecule has 0 saturated carbocycles. The van der Waals surface area contributed by atoms with Crippen LogP contribution in [-0.4, -0.2) is 12.5 Å². The summed E-state index contributed by atoms with van der Waals surface area (Å²) in [6, 6.07) is 9.96. The summed E-state index contributed by atoms with van der Waals surface area (Å²) in [5.41, 5.74) is 1.69. The summed E-state index contributed by atoms with van der Waals surface area (Å²) in [5.74, 6) is 1.97. The number of benzene rings is 2. The molecule has 0 unspecified atom stereocenters. The number of hydrogen-bond acceptors (Lipinski definition) is 3. The van der Waals surface area contributed by atoms with Crippen LogP contribution >= 0.6 is 34.8 Å². The maximum absolute atomic E-state index is 12.4. The third-order valence-electron chi connectivity index (χ3n) is 3.43. The van der Waals surface area contributed by atoms with Crippen LogP contribution in [0.15, 0.2) is 35.9 Å². The first-order valence-electron chi connectivity index (χ1n) is 7.60. The van der Waals surface area contributed by atoms with E-state index in [-0.39, 0.29) is 28.0 Å². The van der Waals surface area contributed by atoms with Crippen LogP contribution in [-0.2, 0) is 4.79 Å². The normalized spacial score (nSPS) is 10.7. The zero-order valence-electron chi connectivity index (χ0n) is 14.1. The van der Waals surface area contributed by atoms with Gasteiger partial charge in [0.2, 0.25) is 0 Å². The van der Waals surface area contributed by atoms with Crippen molar-refractivity contribution in [1.29, 1.82) is 5.26 Å². The van der Waals surface area contributed by atoms with Gasteiger partial charge in [-0.05, 0) is 48.4 Å². The van der Waals surface area contributed by atoms with Crippen LogP contribution in [0.4, 0.5) is 5.69 Å². The van der Waals surface area contributed by atoms with E-state index in [4.69, 9.17) is 46.0 Å². The molecule has 2 aromatic rings. The molecule has 27 heavy (non-hydrogen) atoms. The van der Waals surface area contributed by atoms with E-state index >= 15 is 0 Å². The number of hydrogen-bond donors (Lipinski definition) is 1. The van der Waals surface area contributed by atoms with Crippen molar-refractivity contribution in [2.24, 2.45) is 0 Å². The quantitative estimate of drug-likeness (QED) is 0.395. The Morgan fingerprint density at radius 2 is 1.89 bits per heavy atom. The Balaban J connectivity index is 2.27. The van der Waals surface area contributed by atoms with E-state index in [1.165, 1.54) is 18.2 Å². The number of halogens is 3. The molecule has 0 heterocycles. The molecule has 0 aliphatic rings. The number of rotatable bonds is 5. The number of anilines is 1. The Bertz CT molecular complexity index is 978.